The number of ether oxygens (including phenoxy) is 1. The summed E-state index contributed by atoms with van der Waals surface area (Å²) < 4.78 is 5.31. The lowest BCUT2D eigenvalue weighted by Gasteiger charge is -2.41. The van der Waals surface area contributed by atoms with Crippen LogP contribution in [0.4, 0.5) is 0 Å². The molecule has 1 heterocycles. The molecule has 4 aromatic carbocycles. The molecule has 0 aliphatic carbocycles. The van der Waals surface area contributed by atoms with E-state index in [0.717, 1.165) is 32.7 Å². The Morgan fingerprint density at radius 1 is 0.640 bits per heavy atom. The summed E-state index contributed by atoms with van der Waals surface area (Å²) in [6.45, 7) is 0.383. The van der Waals surface area contributed by atoms with Crippen LogP contribution in [0.2, 0.25) is 0 Å². The van der Waals surface area contributed by atoms with Gasteiger partial charge in [-0.2, -0.15) is 0 Å². The van der Waals surface area contributed by atoms with Crippen LogP contribution in [-0.2, 0) is 14.9 Å². The molecule has 0 atom stereocenters. The molecule has 2 heteroatoms. The molecule has 0 radical (unpaired) electrons. The lowest BCUT2D eigenvalue weighted by atomic mass is 9.69. The predicted octanol–water partition coefficient (Wildman–Crippen LogP) is 4.84. The topological polar surface area (TPSA) is 26.3 Å². The van der Waals surface area contributed by atoms with Gasteiger partial charge < -0.3 is 4.74 Å². The largest absolute Gasteiger partial charge is 0.463 e. The number of rotatable bonds is 2. The van der Waals surface area contributed by atoms with Crippen LogP contribution in [0.25, 0.3) is 21.5 Å². The number of hydrogen-bond acceptors (Lipinski definition) is 2. The molecule has 1 aliphatic heterocycles. The molecule has 1 fully saturated rings. The van der Waals surface area contributed by atoms with Crippen molar-refractivity contribution in [2.45, 2.75) is 5.41 Å². The Hall–Kier alpha value is -3.13. The van der Waals surface area contributed by atoms with E-state index in [1.807, 2.05) is 36.4 Å². The molecule has 120 valence electrons. The molecule has 0 saturated carbocycles. The molecular weight excluding hydrogens is 308 g/mol. The second-order valence-corrected chi connectivity index (χ2v) is 6.53. The smallest absolute Gasteiger partial charge is 0.324 e. The quantitative estimate of drug-likeness (QED) is 0.493. The Labute approximate surface area is 145 Å². The minimum Gasteiger partial charge on any atom is -0.463 e. The van der Waals surface area contributed by atoms with Gasteiger partial charge in [0.2, 0.25) is 0 Å². The van der Waals surface area contributed by atoms with Crippen molar-refractivity contribution >= 4 is 27.5 Å². The highest BCUT2D eigenvalue weighted by atomic mass is 16.6. The van der Waals surface area contributed by atoms with Crippen molar-refractivity contribution in [3.05, 3.63) is 96.1 Å². The molecule has 5 rings (SSSR count). The first-order valence-corrected chi connectivity index (χ1v) is 8.44. The molecule has 0 spiro atoms. The molecule has 0 amide bonds. The number of esters is 1. The fourth-order valence-corrected chi connectivity index (χ4v) is 3.99. The van der Waals surface area contributed by atoms with Crippen molar-refractivity contribution < 1.29 is 9.53 Å². The van der Waals surface area contributed by atoms with E-state index in [1.165, 1.54) is 0 Å². The lowest BCUT2D eigenvalue weighted by molar-refractivity contribution is -0.169. The monoisotopic (exact) mass is 324 g/mol. The van der Waals surface area contributed by atoms with Crippen LogP contribution in [0.5, 0.6) is 0 Å². The van der Waals surface area contributed by atoms with Crippen LogP contribution >= 0.6 is 0 Å². The minimum absolute atomic E-state index is 0.166. The maximum Gasteiger partial charge on any atom is 0.324 e. The van der Waals surface area contributed by atoms with Crippen molar-refractivity contribution in [3.63, 3.8) is 0 Å². The zero-order chi connectivity index (χ0) is 16.9. The summed E-state index contributed by atoms with van der Waals surface area (Å²) in [6, 6.07) is 28.8. The number of fused-ring (bicyclic) bond motifs is 2. The minimum atomic E-state index is -0.734. The summed E-state index contributed by atoms with van der Waals surface area (Å²) >= 11 is 0. The normalized spacial score (nSPS) is 15.8. The average Bonchev–Trinajstić information content (AvgIpc) is 2.67. The highest BCUT2D eigenvalue weighted by Crippen LogP contribution is 2.45. The molecule has 0 unspecified atom stereocenters. The van der Waals surface area contributed by atoms with Gasteiger partial charge in [-0.15, -0.1) is 0 Å². The zero-order valence-electron chi connectivity index (χ0n) is 13.6. The Morgan fingerprint density at radius 3 is 1.56 bits per heavy atom. The van der Waals surface area contributed by atoms with Gasteiger partial charge in [0, 0.05) is 0 Å². The van der Waals surface area contributed by atoms with Crippen molar-refractivity contribution in [2.75, 3.05) is 6.61 Å². The van der Waals surface area contributed by atoms with Crippen LogP contribution in [0.3, 0.4) is 0 Å². The first-order valence-electron chi connectivity index (χ1n) is 8.44. The molecule has 2 nitrogen and oxygen atoms in total. The van der Waals surface area contributed by atoms with Gasteiger partial charge in [-0.25, -0.2) is 0 Å². The summed E-state index contributed by atoms with van der Waals surface area (Å²) in [5.74, 6) is -0.166. The van der Waals surface area contributed by atoms with Gasteiger partial charge >= 0.3 is 5.97 Å². The Morgan fingerprint density at radius 2 is 1.12 bits per heavy atom. The third-order valence-corrected chi connectivity index (χ3v) is 5.27. The van der Waals surface area contributed by atoms with E-state index in [0.29, 0.717) is 6.61 Å². The average molecular weight is 324 g/mol. The second-order valence-electron chi connectivity index (χ2n) is 6.53. The zero-order valence-corrected chi connectivity index (χ0v) is 13.6. The van der Waals surface area contributed by atoms with Crippen LogP contribution in [0.1, 0.15) is 11.1 Å². The summed E-state index contributed by atoms with van der Waals surface area (Å²) in [4.78, 5) is 12.8. The summed E-state index contributed by atoms with van der Waals surface area (Å²) in [5, 5.41) is 4.49. The molecular formula is C23H16O2. The fraction of sp³-hybridized carbons (Fsp3) is 0.0870. The van der Waals surface area contributed by atoms with Crippen molar-refractivity contribution in [2.24, 2.45) is 0 Å². The van der Waals surface area contributed by atoms with E-state index in [9.17, 15) is 4.79 Å². The summed E-state index contributed by atoms with van der Waals surface area (Å²) in [7, 11) is 0. The number of carbonyl (C=O) groups excluding carboxylic acids is 1. The van der Waals surface area contributed by atoms with E-state index < -0.39 is 5.41 Å². The first-order chi connectivity index (χ1) is 12.3. The van der Waals surface area contributed by atoms with E-state index in [-0.39, 0.29) is 5.97 Å². The lowest BCUT2D eigenvalue weighted by Crippen LogP contribution is -2.53. The molecule has 0 bridgehead atoms. The fourth-order valence-electron chi connectivity index (χ4n) is 3.99. The predicted molar refractivity (Wildman–Crippen MR) is 99.6 cm³/mol. The standard InChI is InChI=1S/C23H16O2/c24-22-23(15-25-22,20-13-5-9-16-7-1-3-11-18(16)20)21-14-6-10-17-8-2-4-12-19(17)21/h1-14H,15H2. The SMILES string of the molecule is O=C1OCC1(c1cccc2ccccc12)c1cccc2ccccc12. The maximum atomic E-state index is 12.8. The highest BCUT2D eigenvalue weighted by Gasteiger charge is 2.53. The van der Waals surface area contributed by atoms with Gasteiger partial charge in [-0.1, -0.05) is 84.9 Å². The van der Waals surface area contributed by atoms with Crippen LogP contribution in [0.15, 0.2) is 84.9 Å². The Balaban J connectivity index is 1.88. The van der Waals surface area contributed by atoms with Gasteiger partial charge in [-0.05, 0) is 32.7 Å². The number of carbonyl (C=O) groups is 1. The van der Waals surface area contributed by atoms with E-state index in [1.54, 1.807) is 0 Å². The molecule has 1 aliphatic rings. The van der Waals surface area contributed by atoms with E-state index in [2.05, 4.69) is 48.5 Å². The van der Waals surface area contributed by atoms with Crippen LogP contribution in [-0.4, -0.2) is 12.6 Å². The van der Waals surface area contributed by atoms with E-state index in [4.69, 9.17) is 4.74 Å². The first kappa shape index (κ1) is 14.2. The second kappa shape index (κ2) is 5.18. The number of benzene rings is 4. The molecule has 1 saturated heterocycles. The summed E-state index contributed by atoms with van der Waals surface area (Å²) in [5.41, 5.74) is 1.32. The van der Waals surface area contributed by atoms with Gasteiger partial charge in [0.05, 0.1) is 0 Å². The van der Waals surface area contributed by atoms with Gasteiger partial charge in [0.15, 0.2) is 5.41 Å². The van der Waals surface area contributed by atoms with Crippen LogP contribution < -0.4 is 0 Å². The number of hydrogen-bond donors (Lipinski definition) is 0. The van der Waals surface area contributed by atoms with Gasteiger partial charge in [-0.3, -0.25) is 4.79 Å². The van der Waals surface area contributed by atoms with Crippen molar-refractivity contribution in [3.8, 4) is 0 Å². The van der Waals surface area contributed by atoms with Crippen molar-refractivity contribution in [1.82, 2.24) is 0 Å². The van der Waals surface area contributed by atoms with Gasteiger partial charge in [0.1, 0.15) is 6.61 Å². The Kier molecular flexibility index (Phi) is 2.95. The highest BCUT2D eigenvalue weighted by molar-refractivity contribution is 6.03. The Bertz CT molecular complexity index is 1040. The number of cyclic esters (lactones) is 1. The molecule has 25 heavy (non-hydrogen) atoms. The van der Waals surface area contributed by atoms with Crippen molar-refractivity contribution in [1.29, 1.82) is 0 Å². The third kappa shape index (κ3) is 1.88. The van der Waals surface area contributed by atoms with E-state index >= 15 is 0 Å². The molecule has 4 aromatic rings. The summed E-state index contributed by atoms with van der Waals surface area (Å²) in [6.07, 6.45) is 0. The van der Waals surface area contributed by atoms with Crippen LogP contribution in [0, 0.1) is 0 Å². The maximum absolute atomic E-state index is 12.8. The third-order valence-electron chi connectivity index (χ3n) is 5.27. The van der Waals surface area contributed by atoms with Gasteiger partial charge in [0.25, 0.3) is 0 Å². The molecule has 0 aromatic heterocycles. The molecule has 0 N–H and O–H groups in total.